The van der Waals surface area contributed by atoms with Crippen LogP contribution in [0, 0.1) is 22.2 Å². The molecule has 118 valence electrons. The Balaban J connectivity index is 2.05. The SMILES string of the molecule is CC1(C)CC2CC(C)(CN2c2nc(Cl)c(C#N)c(Cl)c2Cl)C1. The third kappa shape index (κ3) is 2.56. The molecule has 2 fully saturated rings. The van der Waals surface area contributed by atoms with Gasteiger partial charge in [0.15, 0.2) is 11.0 Å². The molecule has 1 saturated carbocycles. The van der Waals surface area contributed by atoms with E-state index in [1.165, 1.54) is 6.42 Å². The van der Waals surface area contributed by atoms with Crippen molar-refractivity contribution in [3.8, 4) is 6.07 Å². The van der Waals surface area contributed by atoms with Crippen molar-refractivity contribution in [2.24, 2.45) is 10.8 Å². The third-order valence-corrected chi connectivity index (χ3v) is 5.92. The first-order valence-electron chi connectivity index (χ1n) is 7.37. The minimum atomic E-state index is 0.123. The molecule has 1 aromatic rings. The largest absolute Gasteiger partial charge is 0.352 e. The van der Waals surface area contributed by atoms with Gasteiger partial charge in [-0.15, -0.1) is 0 Å². The number of aromatic nitrogens is 1. The summed E-state index contributed by atoms with van der Waals surface area (Å²) in [6, 6.07) is 2.35. The van der Waals surface area contributed by atoms with E-state index < -0.39 is 0 Å². The third-order valence-electron chi connectivity index (χ3n) is 4.82. The first-order valence-corrected chi connectivity index (χ1v) is 8.50. The number of rotatable bonds is 1. The van der Waals surface area contributed by atoms with Crippen molar-refractivity contribution in [1.82, 2.24) is 4.98 Å². The second-order valence-corrected chi connectivity index (χ2v) is 8.80. The van der Waals surface area contributed by atoms with Crippen LogP contribution in [0.4, 0.5) is 5.82 Å². The van der Waals surface area contributed by atoms with E-state index in [-0.39, 0.29) is 21.2 Å². The summed E-state index contributed by atoms with van der Waals surface area (Å²) < 4.78 is 0. The van der Waals surface area contributed by atoms with Crippen LogP contribution in [0.5, 0.6) is 0 Å². The van der Waals surface area contributed by atoms with Crippen molar-refractivity contribution >= 4 is 40.6 Å². The summed E-state index contributed by atoms with van der Waals surface area (Å²) >= 11 is 18.7. The maximum absolute atomic E-state index is 9.11. The Bertz CT molecular complexity index is 680. The van der Waals surface area contributed by atoms with E-state index in [2.05, 4.69) is 30.7 Å². The van der Waals surface area contributed by atoms with Gasteiger partial charge in [0.05, 0.1) is 5.02 Å². The molecule has 2 aliphatic rings. The van der Waals surface area contributed by atoms with E-state index in [0.29, 0.717) is 22.3 Å². The first-order chi connectivity index (χ1) is 10.2. The molecule has 2 heterocycles. The van der Waals surface area contributed by atoms with Gasteiger partial charge < -0.3 is 4.90 Å². The Kier molecular flexibility index (Phi) is 3.79. The summed E-state index contributed by atoms with van der Waals surface area (Å²) in [5.41, 5.74) is 0.703. The molecular formula is C16H18Cl3N3. The van der Waals surface area contributed by atoms with Gasteiger partial charge in [-0.2, -0.15) is 5.26 Å². The fraction of sp³-hybridized carbons (Fsp3) is 0.625. The van der Waals surface area contributed by atoms with Crippen LogP contribution in [0.2, 0.25) is 15.2 Å². The molecule has 22 heavy (non-hydrogen) atoms. The Morgan fingerprint density at radius 2 is 1.86 bits per heavy atom. The normalized spacial score (nSPS) is 29.5. The van der Waals surface area contributed by atoms with Crippen molar-refractivity contribution < 1.29 is 0 Å². The zero-order valence-corrected chi connectivity index (χ0v) is 15.1. The topological polar surface area (TPSA) is 39.9 Å². The van der Waals surface area contributed by atoms with Crippen molar-refractivity contribution in [3.05, 3.63) is 20.8 Å². The highest BCUT2D eigenvalue weighted by Gasteiger charge is 2.50. The lowest BCUT2D eigenvalue weighted by Crippen LogP contribution is -2.35. The molecule has 1 aromatic heterocycles. The van der Waals surface area contributed by atoms with Gasteiger partial charge in [-0.3, -0.25) is 0 Å². The molecule has 2 atom stereocenters. The number of halogens is 3. The second-order valence-electron chi connectivity index (χ2n) is 7.68. The van der Waals surface area contributed by atoms with Crippen molar-refractivity contribution in [2.45, 2.75) is 46.1 Å². The lowest BCUT2D eigenvalue weighted by Gasteiger charge is -2.39. The van der Waals surface area contributed by atoms with Crippen LogP contribution >= 0.6 is 34.8 Å². The Labute approximate surface area is 146 Å². The van der Waals surface area contributed by atoms with E-state index in [1.54, 1.807) is 0 Å². The van der Waals surface area contributed by atoms with Crippen LogP contribution in [-0.2, 0) is 0 Å². The predicted molar refractivity (Wildman–Crippen MR) is 90.9 cm³/mol. The zero-order valence-electron chi connectivity index (χ0n) is 12.9. The Morgan fingerprint density at radius 1 is 1.18 bits per heavy atom. The summed E-state index contributed by atoms with van der Waals surface area (Å²) in [4.78, 5) is 6.61. The molecule has 1 aliphatic heterocycles. The molecule has 3 rings (SSSR count). The van der Waals surface area contributed by atoms with Gasteiger partial charge in [-0.25, -0.2) is 4.98 Å². The maximum Gasteiger partial charge on any atom is 0.151 e. The van der Waals surface area contributed by atoms with Gasteiger partial charge in [-0.1, -0.05) is 55.6 Å². The number of nitriles is 1. The predicted octanol–water partition coefficient (Wildman–Crippen LogP) is 5.32. The van der Waals surface area contributed by atoms with Crippen LogP contribution in [0.25, 0.3) is 0 Å². The van der Waals surface area contributed by atoms with Crippen LogP contribution in [-0.4, -0.2) is 17.6 Å². The number of hydrogen-bond donors (Lipinski definition) is 0. The molecular weight excluding hydrogens is 341 g/mol. The summed E-state index contributed by atoms with van der Waals surface area (Å²) in [7, 11) is 0. The average Bonchev–Trinajstić information content (AvgIpc) is 2.63. The standard InChI is InChI=1S/C16H18Cl3N3/c1-15(2)4-9-5-16(3,7-15)8-22(9)14-12(18)11(17)10(6-20)13(19)21-14/h9H,4-5,7-8H2,1-3H3. The Hall–Kier alpha value is -0.690. The minimum absolute atomic E-state index is 0.123. The summed E-state index contributed by atoms with van der Waals surface area (Å²) in [6.45, 7) is 7.84. The van der Waals surface area contributed by atoms with Gasteiger partial charge in [0.2, 0.25) is 0 Å². The van der Waals surface area contributed by atoms with Crippen LogP contribution in [0.1, 0.15) is 45.6 Å². The first kappa shape index (κ1) is 16.2. The Morgan fingerprint density at radius 3 is 2.50 bits per heavy atom. The van der Waals surface area contributed by atoms with E-state index in [1.807, 2.05) is 6.07 Å². The summed E-state index contributed by atoms with van der Waals surface area (Å²) in [5.74, 6) is 0.613. The highest BCUT2D eigenvalue weighted by molar-refractivity contribution is 6.45. The van der Waals surface area contributed by atoms with Gasteiger partial charge >= 0.3 is 0 Å². The molecule has 1 saturated heterocycles. The molecule has 6 heteroatoms. The minimum Gasteiger partial charge on any atom is -0.352 e. The lowest BCUT2D eigenvalue weighted by atomic mass is 9.65. The monoisotopic (exact) mass is 357 g/mol. The maximum atomic E-state index is 9.11. The van der Waals surface area contributed by atoms with Gasteiger partial charge in [0, 0.05) is 12.6 Å². The lowest BCUT2D eigenvalue weighted by molar-refractivity contribution is 0.136. The molecule has 0 amide bonds. The van der Waals surface area contributed by atoms with E-state index in [9.17, 15) is 0 Å². The molecule has 0 N–H and O–H groups in total. The van der Waals surface area contributed by atoms with Crippen LogP contribution in [0.3, 0.4) is 0 Å². The van der Waals surface area contributed by atoms with Gasteiger partial charge in [0.25, 0.3) is 0 Å². The summed E-state index contributed by atoms with van der Waals surface area (Å²) in [5, 5.41) is 9.76. The fourth-order valence-corrected chi connectivity index (χ4v) is 5.22. The number of pyridine rings is 1. The van der Waals surface area contributed by atoms with Gasteiger partial charge in [-0.05, 0) is 30.1 Å². The number of anilines is 1. The van der Waals surface area contributed by atoms with E-state index in [0.717, 1.165) is 19.4 Å². The molecule has 0 radical (unpaired) electrons. The number of fused-ring (bicyclic) bond motifs is 2. The highest BCUT2D eigenvalue weighted by atomic mass is 35.5. The van der Waals surface area contributed by atoms with E-state index in [4.69, 9.17) is 40.1 Å². The number of nitrogens with zero attached hydrogens (tertiary/aromatic N) is 3. The fourth-order valence-electron chi connectivity index (χ4n) is 4.49. The quantitative estimate of drug-likeness (QED) is 0.638. The summed E-state index contributed by atoms with van der Waals surface area (Å²) in [6.07, 6.45) is 3.40. The van der Waals surface area contributed by atoms with E-state index >= 15 is 0 Å². The highest BCUT2D eigenvalue weighted by Crippen LogP contribution is 2.54. The molecule has 2 unspecified atom stereocenters. The van der Waals surface area contributed by atoms with Crippen molar-refractivity contribution in [2.75, 3.05) is 11.4 Å². The molecule has 2 bridgehead atoms. The van der Waals surface area contributed by atoms with Crippen molar-refractivity contribution in [3.63, 3.8) is 0 Å². The van der Waals surface area contributed by atoms with Crippen molar-refractivity contribution in [1.29, 1.82) is 5.26 Å². The molecule has 0 aromatic carbocycles. The second kappa shape index (κ2) is 5.16. The zero-order chi connectivity index (χ0) is 16.3. The number of hydrogen-bond acceptors (Lipinski definition) is 3. The van der Waals surface area contributed by atoms with Crippen LogP contribution < -0.4 is 4.90 Å². The molecule has 1 aliphatic carbocycles. The molecule has 0 spiro atoms. The average molecular weight is 359 g/mol. The molecule has 3 nitrogen and oxygen atoms in total. The van der Waals surface area contributed by atoms with Crippen LogP contribution in [0.15, 0.2) is 0 Å². The van der Waals surface area contributed by atoms with Gasteiger partial charge in [0.1, 0.15) is 16.7 Å². The smallest absolute Gasteiger partial charge is 0.151 e.